The van der Waals surface area contributed by atoms with Crippen LogP contribution >= 0.6 is 0 Å². The SMILES string of the molecule is C(=Cc1cccc(N(c2ccc(-c3cccc(-c4ccccc4)c3)cc2)c2ccc(-c3cccc(-c4ccccc4)c3)cc2)c1)c1ccc(-c2ccc(N(c3cccc(-c4ccccc4)c3)c3cccc(-c4ccccc4)c3)cc2)cc1. The summed E-state index contributed by atoms with van der Waals surface area (Å²) in [5, 5.41) is 0. The summed E-state index contributed by atoms with van der Waals surface area (Å²) in [5.74, 6) is 0. The highest BCUT2D eigenvalue weighted by Gasteiger charge is 2.17. The van der Waals surface area contributed by atoms with Crippen molar-refractivity contribution in [3.05, 3.63) is 351 Å². The Balaban J connectivity index is 0.772. The van der Waals surface area contributed by atoms with E-state index in [-0.39, 0.29) is 0 Å². The van der Waals surface area contributed by atoms with E-state index in [2.05, 4.69) is 362 Å². The summed E-state index contributed by atoms with van der Waals surface area (Å²) in [6.45, 7) is 0. The molecule has 0 fully saturated rings. The van der Waals surface area contributed by atoms with Crippen molar-refractivity contribution < 1.29 is 0 Å². The average Bonchev–Trinajstić information content (AvgIpc) is 3.62. The molecule has 0 aromatic heterocycles. The molecule has 0 amide bonds. The molecule has 0 saturated heterocycles. The first kappa shape index (κ1) is 50.7. The van der Waals surface area contributed by atoms with Crippen LogP contribution < -0.4 is 9.80 Å². The van der Waals surface area contributed by atoms with Crippen LogP contribution in [0.4, 0.5) is 34.1 Å². The lowest BCUT2D eigenvalue weighted by molar-refractivity contribution is 1.28. The summed E-state index contributed by atoms with van der Waals surface area (Å²) < 4.78 is 0. The van der Waals surface area contributed by atoms with Crippen molar-refractivity contribution in [2.45, 2.75) is 0 Å². The van der Waals surface area contributed by atoms with Crippen molar-refractivity contribution in [3.8, 4) is 77.9 Å². The molecule has 0 heterocycles. The second-order valence-electron chi connectivity index (χ2n) is 20.6. The molecule has 0 saturated carbocycles. The Kier molecular flexibility index (Phi) is 14.6. The molecule has 0 atom stereocenters. The Morgan fingerprint density at radius 2 is 0.390 bits per heavy atom. The molecule has 2 heteroatoms. The lowest BCUT2D eigenvalue weighted by Crippen LogP contribution is -2.10. The minimum Gasteiger partial charge on any atom is -0.310 e. The summed E-state index contributed by atoms with van der Waals surface area (Å²) in [6.07, 6.45) is 4.42. The quantitative estimate of drug-likeness (QED) is 0.0944. The van der Waals surface area contributed by atoms with Crippen LogP contribution in [0.2, 0.25) is 0 Å². The van der Waals surface area contributed by atoms with E-state index in [4.69, 9.17) is 0 Å². The number of benzene rings is 13. The molecule has 13 aromatic rings. The highest BCUT2D eigenvalue weighted by Crippen LogP contribution is 2.41. The zero-order valence-corrected chi connectivity index (χ0v) is 45.4. The molecule has 0 spiro atoms. The molecule has 388 valence electrons. The maximum absolute atomic E-state index is 2.36. The zero-order chi connectivity index (χ0) is 54.9. The van der Waals surface area contributed by atoms with Gasteiger partial charge in [0.2, 0.25) is 0 Å². The second-order valence-corrected chi connectivity index (χ2v) is 20.6. The van der Waals surface area contributed by atoms with Crippen molar-refractivity contribution in [1.29, 1.82) is 0 Å². The molecule has 0 unspecified atom stereocenters. The summed E-state index contributed by atoms with van der Waals surface area (Å²) in [4.78, 5) is 4.71. The summed E-state index contributed by atoms with van der Waals surface area (Å²) in [5.41, 5.74) is 25.3. The van der Waals surface area contributed by atoms with Crippen LogP contribution in [0.1, 0.15) is 11.1 Å². The molecule has 13 rings (SSSR count). The van der Waals surface area contributed by atoms with Gasteiger partial charge in [0.1, 0.15) is 0 Å². The van der Waals surface area contributed by atoms with Gasteiger partial charge in [-0.05, 0) is 174 Å². The maximum atomic E-state index is 2.36. The molecule has 2 nitrogen and oxygen atoms in total. The van der Waals surface area contributed by atoms with Gasteiger partial charge in [0.05, 0.1) is 0 Å². The smallest absolute Gasteiger partial charge is 0.0467 e. The molecule has 0 aliphatic heterocycles. The maximum Gasteiger partial charge on any atom is 0.0467 e. The third kappa shape index (κ3) is 11.4. The van der Waals surface area contributed by atoms with Crippen molar-refractivity contribution >= 4 is 46.3 Å². The normalized spacial score (nSPS) is 11.1. The Bertz CT molecular complexity index is 4060. The first-order chi connectivity index (χ1) is 40.6. The van der Waals surface area contributed by atoms with Crippen LogP contribution in [-0.2, 0) is 0 Å². The first-order valence-corrected chi connectivity index (χ1v) is 28.0. The van der Waals surface area contributed by atoms with E-state index in [1.807, 2.05) is 0 Å². The molecule has 82 heavy (non-hydrogen) atoms. The van der Waals surface area contributed by atoms with Gasteiger partial charge >= 0.3 is 0 Å². The molecule has 0 bridgehead atoms. The van der Waals surface area contributed by atoms with E-state index >= 15 is 0 Å². The van der Waals surface area contributed by atoms with Gasteiger partial charge in [0.25, 0.3) is 0 Å². The number of hydrogen-bond donors (Lipinski definition) is 0. The highest BCUT2D eigenvalue weighted by molar-refractivity contribution is 5.86. The molecule has 0 aliphatic rings. The van der Waals surface area contributed by atoms with Gasteiger partial charge < -0.3 is 9.80 Å². The monoisotopic (exact) mass is 1050 g/mol. The third-order valence-electron chi connectivity index (χ3n) is 15.2. The van der Waals surface area contributed by atoms with E-state index in [0.29, 0.717) is 0 Å². The minimum absolute atomic E-state index is 1.07. The van der Waals surface area contributed by atoms with E-state index in [9.17, 15) is 0 Å². The van der Waals surface area contributed by atoms with Crippen molar-refractivity contribution in [2.75, 3.05) is 9.80 Å². The molecule has 0 radical (unpaired) electrons. The Hall–Kier alpha value is -10.8. The van der Waals surface area contributed by atoms with Gasteiger partial charge in [-0.3, -0.25) is 0 Å². The summed E-state index contributed by atoms with van der Waals surface area (Å²) in [7, 11) is 0. The van der Waals surface area contributed by atoms with Gasteiger partial charge in [-0.15, -0.1) is 0 Å². The van der Waals surface area contributed by atoms with Gasteiger partial charge in [0.15, 0.2) is 0 Å². The number of anilines is 6. The molecular formula is C80H58N2. The molecule has 0 aliphatic carbocycles. The van der Waals surface area contributed by atoms with Crippen molar-refractivity contribution in [2.24, 2.45) is 0 Å². The predicted molar refractivity (Wildman–Crippen MR) is 349 cm³/mol. The average molecular weight is 1050 g/mol. The molecule has 13 aromatic carbocycles. The van der Waals surface area contributed by atoms with Crippen LogP contribution in [0.3, 0.4) is 0 Å². The molecule has 0 N–H and O–H groups in total. The minimum atomic E-state index is 1.07. The Labute approximate surface area is 482 Å². The van der Waals surface area contributed by atoms with Crippen LogP contribution in [0.5, 0.6) is 0 Å². The Morgan fingerprint density at radius 3 is 0.756 bits per heavy atom. The highest BCUT2D eigenvalue weighted by atomic mass is 15.1. The van der Waals surface area contributed by atoms with E-state index < -0.39 is 0 Å². The fourth-order valence-electron chi connectivity index (χ4n) is 11.0. The fraction of sp³-hybridized carbons (Fsp3) is 0. The van der Waals surface area contributed by atoms with Gasteiger partial charge in [-0.2, -0.15) is 0 Å². The van der Waals surface area contributed by atoms with Crippen molar-refractivity contribution in [3.63, 3.8) is 0 Å². The van der Waals surface area contributed by atoms with Crippen LogP contribution in [0.15, 0.2) is 340 Å². The second kappa shape index (κ2) is 23.7. The summed E-state index contributed by atoms with van der Waals surface area (Å²) >= 11 is 0. The topological polar surface area (TPSA) is 6.48 Å². The fourth-order valence-corrected chi connectivity index (χ4v) is 11.0. The number of hydrogen-bond acceptors (Lipinski definition) is 2. The lowest BCUT2D eigenvalue weighted by Gasteiger charge is -2.27. The van der Waals surface area contributed by atoms with E-state index in [0.717, 1.165) is 56.4 Å². The third-order valence-corrected chi connectivity index (χ3v) is 15.2. The van der Waals surface area contributed by atoms with Crippen molar-refractivity contribution in [1.82, 2.24) is 0 Å². The van der Waals surface area contributed by atoms with Gasteiger partial charge in [-0.1, -0.05) is 267 Å². The predicted octanol–water partition coefficient (Wildman–Crippen LogP) is 22.5. The van der Waals surface area contributed by atoms with E-state index in [1.165, 1.54) is 66.8 Å². The number of nitrogens with zero attached hydrogens (tertiary/aromatic N) is 2. The summed E-state index contributed by atoms with van der Waals surface area (Å²) in [6, 6.07) is 122. The standard InChI is InChI=1S/C80H58N2/c1-5-19-61(20-6-1)69-27-14-29-71(55-69)67-44-50-75(51-45-67)81(76-52-46-68(47-53-76)72-30-15-28-70(56-72)62-21-7-2-8-22-62)78-33-13-18-60(54-78)37-36-59-38-40-65(41-39-59)66-42-48-77(49-43-66)82(79-34-16-31-73(57-79)63-23-9-3-10-24-63)80-35-17-32-74(58-80)64-25-11-4-12-26-64/h1-58H. The largest absolute Gasteiger partial charge is 0.310 e. The number of rotatable bonds is 15. The van der Waals surface area contributed by atoms with Gasteiger partial charge in [0, 0.05) is 34.1 Å². The lowest BCUT2D eigenvalue weighted by atomic mass is 9.98. The molecular weight excluding hydrogens is 989 g/mol. The van der Waals surface area contributed by atoms with Gasteiger partial charge in [-0.25, -0.2) is 0 Å². The van der Waals surface area contributed by atoms with Crippen LogP contribution in [-0.4, -0.2) is 0 Å². The van der Waals surface area contributed by atoms with Crippen LogP contribution in [0, 0.1) is 0 Å². The Morgan fingerprint density at radius 1 is 0.146 bits per heavy atom. The first-order valence-electron chi connectivity index (χ1n) is 28.0. The van der Waals surface area contributed by atoms with Crippen LogP contribution in [0.25, 0.3) is 90.0 Å². The van der Waals surface area contributed by atoms with E-state index in [1.54, 1.807) is 0 Å². The zero-order valence-electron chi connectivity index (χ0n) is 45.4.